The van der Waals surface area contributed by atoms with Crippen LogP contribution >= 0.6 is 27.5 Å². The van der Waals surface area contributed by atoms with Crippen molar-refractivity contribution in [2.24, 2.45) is 0 Å². The molecule has 18 heavy (non-hydrogen) atoms. The van der Waals surface area contributed by atoms with Crippen LogP contribution in [-0.4, -0.2) is 14.9 Å². The van der Waals surface area contributed by atoms with Gasteiger partial charge in [0.15, 0.2) is 0 Å². The minimum absolute atomic E-state index is 0.00761. The molecular formula is C10H5BrClN3O3. The normalized spacial score (nSPS) is 10.1. The number of nitrogens with zero attached hydrogens (tertiary/aromatic N) is 3. The van der Waals surface area contributed by atoms with Crippen LogP contribution in [0.5, 0.6) is 11.6 Å². The quantitative estimate of drug-likeness (QED) is 0.488. The second-order valence-electron chi connectivity index (χ2n) is 3.12. The number of nitro benzene ring substituents is 1. The minimum atomic E-state index is -0.536. The summed E-state index contributed by atoms with van der Waals surface area (Å²) in [6.07, 6.45) is 1.40. The highest BCUT2D eigenvalue weighted by Crippen LogP contribution is 2.33. The van der Waals surface area contributed by atoms with Crippen molar-refractivity contribution < 1.29 is 9.66 Å². The average Bonchev–Trinajstić information content (AvgIpc) is 2.34. The maximum Gasteiger partial charge on any atom is 0.311 e. The van der Waals surface area contributed by atoms with Gasteiger partial charge in [0, 0.05) is 12.3 Å². The van der Waals surface area contributed by atoms with Crippen molar-refractivity contribution in [3.8, 4) is 11.6 Å². The van der Waals surface area contributed by atoms with E-state index in [9.17, 15) is 10.1 Å². The van der Waals surface area contributed by atoms with Crippen molar-refractivity contribution in [1.82, 2.24) is 9.97 Å². The molecule has 1 aromatic heterocycles. The van der Waals surface area contributed by atoms with E-state index in [1.807, 2.05) is 0 Å². The molecule has 0 bridgehead atoms. The highest BCUT2D eigenvalue weighted by molar-refractivity contribution is 9.10. The van der Waals surface area contributed by atoms with Gasteiger partial charge in [-0.3, -0.25) is 10.1 Å². The first kappa shape index (κ1) is 12.7. The van der Waals surface area contributed by atoms with Crippen LogP contribution < -0.4 is 4.74 Å². The summed E-state index contributed by atoms with van der Waals surface area (Å²) >= 11 is 8.80. The fourth-order valence-corrected chi connectivity index (χ4v) is 1.60. The van der Waals surface area contributed by atoms with Crippen LogP contribution in [0.3, 0.4) is 0 Å². The van der Waals surface area contributed by atoms with Gasteiger partial charge in [0.1, 0.15) is 0 Å². The van der Waals surface area contributed by atoms with Gasteiger partial charge in [-0.25, -0.2) is 4.98 Å². The number of nitro groups is 1. The van der Waals surface area contributed by atoms with Crippen molar-refractivity contribution in [3.63, 3.8) is 0 Å². The molecule has 0 N–H and O–H groups in total. The summed E-state index contributed by atoms with van der Waals surface area (Å²) in [5.74, 6) is 0.197. The lowest BCUT2D eigenvalue weighted by molar-refractivity contribution is -0.385. The van der Waals surface area contributed by atoms with Gasteiger partial charge in [0.05, 0.1) is 9.40 Å². The number of aromatic nitrogens is 2. The van der Waals surface area contributed by atoms with Gasteiger partial charge in [0.2, 0.25) is 16.9 Å². The van der Waals surface area contributed by atoms with Crippen LogP contribution in [0.2, 0.25) is 5.28 Å². The third-order valence-corrected chi connectivity index (χ3v) is 2.68. The molecule has 0 fully saturated rings. The van der Waals surface area contributed by atoms with Crippen molar-refractivity contribution in [2.45, 2.75) is 0 Å². The summed E-state index contributed by atoms with van der Waals surface area (Å²) in [5, 5.41) is 10.8. The molecule has 0 unspecified atom stereocenters. The van der Waals surface area contributed by atoms with E-state index in [2.05, 4.69) is 25.9 Å². The first-order valence-electron chi connectivity index (χ1n) is 4.67. The van der Waals surface area contributed by atoms with Crippen molar-refractivity contribution >= 4 is 33.2 Å². The first-order valence-corrected chi connectivity index (χ1v) is 5.84. The summed E-state index contributed by atoms with van der Waals surface area (Å²) in [4.78, 5) is 17.8. The first-order chi connectivity index (χ1) is 8.58. The second kappa shape index (κ2) is 5.28. The number of hydrogen-bond acceptors (Lipinski definition) is 5. The Morgan fingerprint density at radius 1 is 1.39 bits per heavy atom. The maximum atomic E-state index is 10.8. The number of hydrogen-bond donors (Lipinski definition) is 0. The van der Waals surface area contributed by atoms with Crippen molar-refractivity contribution in [2.75, 3.05) is 0 Å². The molecule has 0 saturated heterocycles. The molecule has 2 aromatic rings. The third kappa shape index (κ3) is 2.74. The summed E-state index contributed by atoms with van der Waals surface area (Å²) in [6, 6.07) is 5.98. The van der Waals surface area contributed by atoms with Crippen LogP contribution in [0, 0.1) is 10.1 Å². The van der Waals surface area contributed by atoms with E-state index in [1.54, 1.807) is 12.1 Å². The Kier molecular flexibility index (Phi) is 3.73. The minimum Gasteiger partial charge on any atom is -0.430 e. The lowest BCUT2D eigenvalue weighted by atomic mass is 10.3. The molecule has 8 heteroatoms. The molecule has 0 atom stereocenters. The van der Waals surface area contributed by atoms with Gasteiger partial charge in [-0.2, -0.15) is 4.98 Å². The monoisotopic (exact) mass is 329 g/mol. The largest absolute Gasteiger partial charge is 0.430 e. The van der Waals surface area contributed by atoms with E-state index >= 15 is 0 Å². The van der Waals surface area contributed by atoms with Gasteiger partial charge in [0.25, 0.3) is 0 Å². The molecule has 0 radical (unpaired) electrons. The molecule has 0 aliphatic heterocycles. The van der Waals surface area contributed by atoms with Gasteiger partial charge in [-0.15, -0.1) is 0 Å². The molecule has 2 rings (SSSR count). The van der Waals surface area contributed by atoms with E-state index in [0.717, 1.165) is 0 Å². The Morgan fingerprint density at radius 3 is 2.83 bits per heavy atom. The third-order valence-electron chi connectivity index (χ3n) is 1.95. The molecule has 0 aliphatic carbocycles. The zero-order valence-electron chi connectivity index (χ0n) is 8.71. The van der Waals surface area contributed by atoms with Gasteiger partial charge >= 0.3 is 5.69 Å². The lowest BCUT2D eigenvalue weighted by Gasteiger charge is -2.06. The number of halogens is 2. The maximum absolute atomic E-state index is 10.8. The van der Waals surface area contributed by atoms with E-state index in [4.69, 9.17) is 16.3 Å². The van der Waals surface area contributed by atoms with Crippen molar-refractivity contribution in [3.05, 3.63) is 50.3 Å². The molecular weight excluding hydrogens is 325 g/mol. The SMILES string of the molecule is O=[N+]([O-])c1ccccc1Oc1nc(Cl)ncc1Br. The average molecular weight is 331 g/mol. The van der Waals surface area contributed by atoms with Crippen LogP contribution in [0.15, 0.2) is 34.9 Å². The highest BCUT2D eigenvalue weighted by atomic mass is 79.9. The van der Waals surface area contributed by atoms with Gasteiger partial charge < -0.3 is 4.74 Å². The fraction of sp³-hybridized carbons (Fsp3) is 0. The molecule has 0 amide bonds. The Morgan fingerprint density at radius 2 is 2.11 bits per heavy atom. The fourth-order valence-electron chi connectivity index (χ4n) is 1.20. The van der Waals surface area contributed by atoms with Gasteiger partial charge in [-0.05, 0) is 33.6 Å². The predicted octanol–water partition coefficient (Wildman–Crippen LogP) is 3.59. The molecule has 1 heterocycles. The van der Waals surface area contributed by atoms with Gasteiger partial charge in [-0.1, -0.05) is 12.1 Å². The molecule has 0 aliphatic rings. The zero-order chi connectivity index (χ0) is 13.1. The van der Waals surface area contributed by atoms with E-state index < -0.39 is 4.92 Å². The number of rotatable bonds is 3. The van der Waals surface area contributed by atoms with Crippen LogP contribution in [0.4, 0.5) is 5.69 Å². The Balaban J connectivity index is 2.40. The summed E-state index contributed by atoms with van der Waals surface area (Å²) < 4.78 is 5.81. The predicted molar refractivity (Wildman–Crippen MR) is 67.9 cm³/mol. The van der Waals surface area contributed by atoms with E-state index in [1.165, 1.54) is 18.3 Å². The molecule has 0 spiro atoms. The van der Waals surface area contributed by atoms with E-state index in [-0.39, 0.29) is 22.6 Å². The lowest BCUT2D eigenvalue weighted by Crippen LogP contribution is -1.96. The smallest absolute Gasteiger partial charge is 0.311 e. The van der Waals surface area contributed by atoms with Crippen LogP contribution in [0.25, 0.3) is 0 Å². The zero-order valence-corrected chi connectivity index (χ0v) is 11.1. The Hall–Kier alpha value is -1.73. The Labute approximate surface area is 115 Å². The second-order valence-corrected chi connectivity index (χ2v) is 4.31. The standard InChI is InChI=1S/C10H5BrClN3O3/c11-6-5-13-10(12)14-9(6)18-8-4-2-1-3-7(8)15(16)17/h1-5H. The van der Waals surface area contributed by atoms with Crippen molar-refractivity contribution in [1.29, 1.82) is 0 Å². The molecule has 92 valence electrons. The number of ether oxygens (including phenoxy) is 1. The van der Waals surface area contributed by atoms with Crippen LogP contribution in [-0.2, 0) is 0 Å². The summed E-state index contributed by atoms with van der Waals surface area (Å²) in [6.45, 7) is 0. The van der Waals surface area contributed by atoms with Crippen LogP contribution in [0.1, 0.15) is 0 Å². The molecule has 1 aromatic carbocycles. The topological polar surface area (TPSA) is 78.2 Å². The van der Waals surface area contributed by atoms with E-state index in [0.29, 0.717) is 4.47 Å². The Bertz CT molecular complexity index is 609. The summed E-state index contributed by atoms with van der Waals surface area (Å²) in [7, 11) is 0. The highest BCUT2D eigenvalue weighted by Gasteiger charge is 2.16. The molecule has 6 nitrogen and oxygen atoms in total. The number of benzene rings is 1. The molecule has 0 saturated carbocycles. The number of para-hydroxylation sites is 2. The summed E-state index contributed by atoms with van der Waals surface area (Å²) in [5.41, 5.74) is -0.154.